The summed E-state index contributed by atoms with van der Waals surface area (Å²) in [5.74, 6) is 2.08. The van der Waals surface area contributed by atoms with Gasteiger partial charge in [-0.25, -0.2) is 8.42 Å². The van der Waals surface area contributed by atoms with Crippen molar-refractivity contribution in [1.82, 2.24) is 4.90 Å². The van der Waals surface area contributed by atoms with E-state index in [4.69, 9.17) is 17.1 Å². The molecule has 19 heavy (non-hydrogen) atoms. The van der Waals surface area contributed by atoms with Gasteiger partial charge < -0.3 is 4.90 Å². The monoisotopic (exact) mass is 299 g/mol. The Balaban J connectivity index is 3.25. The van der Waals surface area contributed by atoms with Crippen molar-refractivity contribution >= 4 is 25.6 Å². The molecule has 0 radical (unpaired) electrons. The van der Waals surface area contributed by atoms with Gasteiger partial charge in [0.15, 0.2) is 0 Å². The Morgan fingerprint density at radius 3 is 2.53 bits per heavy atom. The van der Waals surface area contributed by atoms with E-state index >= 15 is 0 Å². The third kappa shape index (κ3) is 3.98. The highest BCUT2D eigenvalue weighted by Gasteiger charge is 2.18. The molecule has 4 nitrogen and oxygen atoms in total. The second-order valence-electron chi connectivity index (χ2n) is 4.00. The van der Waals surface area contributed by atoms with E-state index in [-0.39, 0.29) is 22.9 Å². The van der Waals surface area contributed by atoms with Gasteiger partial charge in [0.05, 0.1) is 11.4 Å². The van der Waals surface area contributed by atoms with Crippen molar-refractivity contribution in [2.45, 2.75) is 18.7 Å². The molecule has 0 atom stereocenters. The molecule has 1 aromatic carbocycles. The van der Waals surface area contributed by atoms with Crippen LogP contribution in [0.4, 0.5) is 0 Å². The highest BCUT2D eigenvalue weighted by Crippen LogP contribution is 2.19. The van der Waals surface area contributed by atoms with Crippen LogP contribution < -0.4 is 0 Å². The number of amides is 1. The van der Waals surface area contributed by atoms with E-state index in [1.807, 2.05) is 0 Å². The minimum atomic E-state index is -3.86. The lowest BCUT2D eigenvalue weighted by molar-refractivity contribution is 0.0784. The fraction of sp³-hybridized carbons (Fsp3) is 0.308. The van der Waals surface area contributed by atoms with Gasteiger partial charge in [0.2, 0.25) is 0 Å². The summed E-state index contributed by atoms with van der Waals surface area (Å²) in [6.07, 6.45) is 5.19. The SMILES string of the molecule is C#CCN(CC)C(=O)c1cc(C)cc(S(=O)(=O)Cl)c1. The first-order valence-corrected chi connectivity index (χ1v) is 7.89. The lowest BCUT2D eigenvalue weighted by Gasteiger charge is -2.18. The smallest absolute Gasteiger partial charge is 0.261 e. The van der Waals surface area contributed by atoms with Crippen molar-refractivity contribution in [2.75, 3.05) is 13.1 Å². The maximum Gasteiger partial charge on any atom is 0.261 e. The van der Waals surface area contributed by atoms with Crippen LogP contribution in [0.15, 0.2) is 23.1 Å². The van der Waals surface area contributed by atoms with E-state index in [0.29, 0.717) is 12.1 Å². The molecule has 0 heterocycles. The summed E-state index contributed by atoms with van der Waals surface area (Å²) in [7, 11) is 1.43. The Hall–Kier alpha value is -1.51. The molecule has 0 fully saturated rings. The average Bonchev–Trinajstić information content (AvgIpc) is 2.33. The number of aryl methyl sites for hydroxylation is 1. The minimum Gasteiger partial charge on any atom is -0.328 e. The Kier molecular flexibility index (Phi) is 4.98. The summed E-state index contributed by atoms with van der Waals surface area (Å²) in [4.78, 5) is 13.5. The number of nitrogens with zero attached hydrogens (tertiary/aromatic N) is 1. The van der Waals surface area contributed by atoms with Crippen LogP contribution in [-0.4, -0.2) is 32.3 Å². The third-order valence-electron chi connectivity index (χ3n) is 2.53. The molecular weight excluding hydrogens is 286 g/mol. The van der Waals surface area contributed by atoms with Crippen LogP contribution in [0.25, 0.3) is 0 Å². The molecule has 0 saturated heterocycles. The summed E-state index contributed by atoms with van der Waals surface area (Å²) >= 11 is 0. The van der Waals surface area contributed by atoms with Gasteiger partial charge in [-0.1, -0.05) is 5.92 Å². The van der Waals surface area contributed by atoms with E-state index in [1.54, 1.807) is 19.9 Å². The van der Waals surface area contributed by atoms with Crippen LogP contribution in [0.3, 0.4) is 0 Å². The van der Waals surface area contributed by atoms with Gasteiger partial charge in [-0.2, -0.15) is 0 Å². The lowest BCUT2D eigenvalue weighted by Crippen LogP contribution is -2.31. The molecule has 0 aliphatic carbocycles. The zero-order chi connectivity index (χ0) is 14.6. The molecule has 0 saturated carbocycles. The molecule has 6 heteroatoms. The van der Waals surface area contributed by atoms with E-state index in [1.165, 1.54) is 17.0 Å². The summed E-state index contributed by atoms with van der Waals surface area (Å²) in [6, 6.07) is 4.28. The molecule has 0 aliphatic heterocycles. The predicted molar refractivity (Wildman–Crippen MR) is 74.6 cm³/mol. The van der Waals surface area contributed by atoms with Crippen LogP contribution in [-0.2, 0) is 9.05 Å². The largest absolute Gasteiger partial charge is 0.328 e. The van der Waals surface area contributed by atoms with Gasteiger partial charge >= 0.3 is 0 Å². The van der Waals surface area contributed by atoms with Gasteiger partial charge in [-0.05, 0) is 37.6 Å². The molecule has 0 bridgehead atoms. The van der Waals surface area contributed by atoms with Crippen molar-refractivity contribution in [3.05, 3.63) is 29.3 Å². The van der Waals surface area contributed by atoms with Gasteiger partial charge in [0.1, 0.15) is 0 Å². The van der Waals surface area contributed by atoms with Gasteiger partial charge in [0, 0.05) is 22.8 Å². The molecule has 1 aromatic rings. The number of carbonyl (C=O) groups excluding carboxylic acids is 1. The molecule has 102 valence electrons. The minimum absolute atomic E-state index is 0.0886. The van der Waals surface area contributed by atoms with Crippen molar-refractivity contribution in [3.63, 3.8) is 0 Å². The zero-order valence-corrected chi connectivity index (χ0v) is 12.3. The number of hydrogen-bond acceptors (Lipinski definition) is 3. The molecule has 0 aliphatic rings. The third-order valence-corrected chi connectivity index (χ3v) is 3.86. The molecule has 1 rings (SSSR count). The first kappa shape index (κ1) is 15.5. The molecule has 0 aromatic heterocycles. The van der Waals surface area contributed by atoms with E-state index in [0.717, 1.165) is 0 Å². The maximum absolute atomic E-state index is 12.2. The normalized spacial score (nSPS) is 10.8. The molecule has 0 N–H and O–H groups in total. The maximum atomic E-state index is 12.2. The Morgan fingerprint density at radius 1 is 1.42 bits per heavy atom. The number of carbonyl (C=O) groups is 1. The van der Waals surface area contributed by atoms with Gasteiger partial charge in [0.25, 0.3) is 15.0 Å². The summed E-state index contributed by atoms with van der Waals surface area (Å²) in [6.45, 7) is 4.11. The van der Waals surface area contributed by atoms with Crippen LogP contribution in [0.2, 0.25) is 0 Å². The fourth-order valence-electron chi connectivity index (χ4n) is 1.63. The second-order valence-corrected chi connectivity index (χ2v) is 6.56. The zero-order valence-electron chi connectivity index (χ0n) is 10.7. The molecular formula is C13H14ClNO3S. The summed E-state index contributed by atoms with van der Waals surface area (Å²) in [5, 5.41) is 0. The van der Waals surface area contributed by atoms with Crippen LogP contribution in [0.5, 0.6) is 0 Å². The highest BCUT2D eigenvalue weighted by molar-refractivity contribution is 8.13. The van der Waals surface area contributed by atoms with Gasteiger partial charge in [-0.3, -0.25) is 4.79 Å². The van der Waals surface area contributed by atoms with Crippen LogP contribution >= 0.6 is 10.7 Å². The van der Waals surface area contributed by atoms with Crippen molar-refractivity contribution in [1.29, 1.82) is 0 Å². The average molecular weight is 300 g/mol. The Morgan fingerprint density at radius 2 is 2.05 bits per heavy atom. The topological polar surface area (TPSA) is 54.5 Å². The van der Waals surface area contributed by atoms with E-state index < -0.39 is 9.05 Å². The van der Waals surface area contributed by atoms with Crippen molar-refractivity contribution < 1.29 is 13.2 Å². The fourth-order valence-corrected chi connectivity index (χ4v) is 2.49. The van der Waals surface area contributed by atoms with Gasteiger partial charge in [-0.15, -0.1) is 6.42 Å². The number of terminal acetylenes is 1. The Labute approximate surface area is 117 Å². The number of benzene rings is 1. The Bertz CT molecular complexity index is 632. The predicted octanol–water partition coefficient (Wildman–Crippen LogP) is 2.02. The number of hydrogen-bond donors (Lipinski definition) is 0. The van der Waals surface area contributed by atoms with Crippen molar-refractivity contribution in [2.24, 2.45) is 0 Å². The van der Waals surface area contributed by atoms with E-state index in [9.17, 15) is 13.2 Å². The molecule has 0 spiro atoms. The molecule has 1 amide bonds. The number of rotatable bonds is 4. The molecule has 0 unspecified atom stereocenters. The van der Waals surface area contributed by atoms with Crippen LogP contribution in [0, 0.1) is 19.3 Å². The lowest BCUT2D eigenvalue weighted by atomic mass is 10.1. The second kappa shape index (κ2) is 6.09. The van der Waals surface area contributed by atoms with E-state index in [2.05, 4.69) is 5.92 Å². The quantitative estimate of drug-likeness (QED) is 0.631. The standard InChI is InChI=1S/C13H14ClNO3S/c1-4-6-15(5-2)13(16)11-7-10(3)8-12(9-11)19(14,17)18/h1,7-9H,5-6H2,2-3H3. The first-order valence-electron chi connectivity index (χ1n) is 5.58. The van der Waals surface area contributed by atoms with Crippen molar-refractivity contribution in [3.8, 4) is 12.3 Å². The van der Waals surface area contributed by atoms with Crippen LogP contribution in [0.1, 0.15) is 22.8 Å². The first-order chi connectivity index (χ1) is 8.79. The number of halogens is 1. The summed E-state index contributed by atoms with van der Waals surface area (Å²) < 4.78 is 22.7. The highest BCUT2D eigenvalue weighted by atomic mass is 35.7. The summed E-state index contributed by atoms with van der Waals surface area (Å²) in [5.41, 5.74) is 0.901.